The van der Waals surface area contributed by atoms with Gasteiger partial charge in [-0.3, -0.25) is 13.9 Å². The maximum absolute atomic E-state index is 13.9. The third-order valence-corrected chi connectivity index (χ3v) is 8.87. The van der Waals surface area contributed by atoms with Crippen LogP contribution in [0.1, 0.15) is 44.2 Å². The van der Waals surface area contributed by atoms with Gasteiger partial charge in [-0.1, -0.05) is 6.07 Å². The molecule has 8 nitrogen and oxygen atoms in total. The fourth-order valence-corrected chi connectivity index (χ4v) is 6.13. The van der Waals surface area contributed by atoms with E-state index in [1.165, 1.54) is 31.2 Å². The zero-order chi connectivity index (χ0) is 29.6. The van der Waals surface area contributed by atoms with Crippen LogP contribution in [0, 0.1) is 24.6 Å². The Morgan fingerprint density at radius 3 is 2.40 bits per heavy atom. The molecule has 0 spiro atoms. The maximum Gasteiger partial charge on any atom is 0.427 e. The normalized spacial score (nSPS) is 18.5. The van der Waals surface area contributed by atoms with Gasteiger partial charge in [-0.2, -0.15) is 13.2 Å². The number of rotatable bonds is 9. The molecule has 13 heteroatoms. The maximum atomic E-state index is 13.9. The van der Waals surface area contributed by atoms with Gasteiger partial charge >= 0.3 is 18.1 Å². The number of carboxylic acid groups (broad SMARTS) is 1. The fraction of sp³-hybridized carbons (Fsp3) is 0.481. The number of carbonyl (C=O) groups excluding carboxylic acids is 1. The number of fused-ring (bicyclic) bond motifs is 1. The van der Waals surface area contributed by atoms with Crippen LogP contribution in [0.2, 0.25) is 0 Å². The SMILES string of the molecule is Cc1cc(S(=O)(=O)N2C[C@H](C[C@@H](C(=O)O)C3CC3)Oc3ccc(CC(=O)OC(C)(C)C(F)(F)F)cc32)ccc1F. The van der Waals surface area contributed by atoms with Crippen molar-refractivity contribution in [3.05, 3.63) is 53.3 Å². The zero-order valence-electron chi connectivity index (χ0n) is 22.0. The molecular formula is C27H29F4NO7S. The molecule has 1 fully saturated rings. The lowest BCUT2D eigenvalue weighted by Crippen LogP contribution is -2.45. The Kier molecular flexibility index (Phi) is 7.83. The summed E-state index contributed by atoms with van der Waals surface area (Å²) >= 11 is 0. The second kappa shape index (κ2) is 10.6. The van der Waals surface area contributed by atoms with Gasteiger partial charge in [0.25, 0.3) is 10.0 Å². The highest BCUT2D eigenvalue weighted by Gasteiger charge is 2.50. The van der Waals surface area contributed by atoms with E-state index in [0.717, 1.165) is 43.1 Å². The van der Waals surface area contributed by atoms with Crippen LogP contribution in [0.15, 0.2) is 41.3 Å². The Morgan fingerprint density at radius 2 is 1.82 bits per heavy atom. The molecule has 2 aromatic carbocycles. The van der Waals surface area contributed by atoms with Gasteiger partial charge in [0.2, 0.25) is 5.60 Å². The zero-order valence-corrected chi connectivity index (χ0v) is 22.8. The van der Waals surface area contributed by atoms with E-state index in [2.05, 4.69) is 4.74 Å². The number of carboxylic acids is 1. The van der Waals surface area contributed by atoms with Crippen molar-refractivity contribution < 1.29 is 50.1 Å². The molecule has 0 unspecified atom stereocenters. The number of aliphatic carboxylic acids is 1. The Hall–Kier alpha value is -3.35. The molecule has 1 aliphatic carbocycles. The predicted molar refractivity (Wildman–Crippen MR) is 135 cm³/mol. The third kappa shape index (κ3) is 6.18. The first-order valence-corrected chi connectivity index (χ1v) is 14.0. The van der Waals surface area contributed by atoms with Gasteiger partial charge in [0, 0.05) is 0 Å². The van der Waals surface area contributed by atoms with E-state index < -0.39 is 58.0 Å². The second-order valence-electron chi connectivity index (χ2n) is 10.7. The highest BCUT2D eigenvalue weighted by molar-refractivity contribution is 7.92. The molecule has 2 aromatic rings. The molecule has 0 saturated heterocycles. The number of esters is 1. The van der Waals surface area contributed by atoms with Crippen LogP contribution in [0.5, 0.6) is 5.75 Å². The van der Waals surface area contributed by atoms with Crippen molar-refractivity contribution in [2.45, 2.75) is 69.2 Å². The molecule has 218 valence electrons. The molecule has 1 N–H and O–H groups in total. The molecule has 0 aromatic heterocycles. The van der Waals surface area contributed by atoms with Gasteiger partial charge < -0.3 is 14.6 Å². The van der Waals surface area contributed by atoms with Crippen molar-refractivity contribution in [2.75, 3.05) is 10.8 Å². The minimum Gasteiger partial charge on any atom is -0.486 e. The van der Waals surface area contributed by atoms with Crippen molar-refractivity contribution in [1.82, 2.24) is 0 Å². The van der Waals surface area contributed by atoms with Crippen molar-refractivity contribution in [3.8, 4) is 5.75 Å². The summed E-state index contributed by atoms with van der Waals surface area (Å²) in [6, 6.07) is 7.36. The molecule has 0 radical (unpaired) electrons. The molecule has 1 saturated carbocycles. The van der Waals surface area contributed by atoms with E-state index in [1.807, 2.05) is 0 Å². The van der Waals surface area contributed by atoms with E-state index in [0.29, 0.717) is 0 Å². The largest absolute Gasteiger partial charge is 0.486 e. The van der Waals surface area contributed by atoms with Gasteiger partial charge in [-0.05, 0) is 87.4 Å². The number of ether oxygens (including phenoxy) is 2. The lowest BCUT2D eigenvalue weighted by Gasteiger charge is -2.36. The Labute approximate surface area is 228 Å². The molecule has 4 rings (SSSR count). The Balaban J connectivity index is 1.68. The van der Waals surface area contributed by atoms with Crippen molar-refractivity contribution in [1.29, 1.82) is 0 Å². The number of nitrogens with zero attached hydrogens (tertiary/aromatic N) is 1. The number of sulfonamides is 1. The first-order valence-electron chi connectivity index (χ1n) is 12.6. The number of carbonyl (C=O) groups is 2. The summed E-state index contributed by atoms with van der Waals surface area (Å²) in [5.41, 5.74) is -2.46. The molecule has 2 atom stereocenters. The summed E-state index contributed by atoms with van der Waals surface area (Å²) in [5, 5.41) is 9.68. The number of alkyl halides is 3. The average molecular weight is 588 g/mol. The van der Waals surface area contributed by atoms with Gasteiger partial charge in [-0.25, -0.2) is 12.8 Å². The number of halogens is 4. The number of aryl methyl sites for hydroxylation is 1. The van der Waals surface area contributed by atoms with E-state index in [4.69, 9.17) is 4.74 Å². The summed E-state index contributed by atoms with van der Waals surface area (Å²) in [6.07, 6.45) is -4.65. The summed E-state index contributed by atoms with van der Waals surface area (Å²) in [7, 11) is -4.33. The van der Waals surface area contributed by atoms with Crippen LogP contribution in [0.25, 0.3) is 0 Å². The van der Waals surface area contributed by atoms with Crippen LogP contribution < -0.4 is 9.04 Å². The average Bonchev–Trinajstić information content (AvgIpc) is 3.67. The molecule has 0 bridgehead atoms. The summed E-state index contributed by atoms with van der Waals surface area (Å²) in [5.74, 6) is -3.44. The number of benzene rings is 2. The van der Waals surface area contributed by atoms with Gasteiger partial charge in [0.1, 0.15) is 17.7 Å². The smallest absolute Gasteiger partial charge is 0.427 e. The fourth-order valence-electron chi connectivity index (χ4n) is 4.54. The monoisotopic (exact) mass is 587 g/mol. The van der Waals surface area contributed by atoms with Crippen molar-refractivity contribution in [2.24, 2.45) is 11.8 Å². The van der Waals surface area contributed by atoms with E-state index in [1.54, 1.807) is 0 Å². The van der Waals surface area contributed by atoms with E-state index in [9.17, 15) is 40.7 Å². The van der Waals surface area contributed by atoms with Crippen LogP contribution in [-0.4, -0.2) is 49.9 Å². The summed E-state index contributed by atoms with van der Waals surface area (Å²) in [4.78, 5) is 24.0. The molecule has 40 heavy (non-hydrogen) atoms. The predicted octanol–water partition coefficient (Wildman–Crippen LogP) is 5.02. The molecule has 1 aliphatic heterocycles. The highest BCUT2D eigenvalue weighted by atomic mass is 32.2. The van der Waals surface area contributed by atoms with Gasteiger partial charge in [0.15, 0.2) is 0 Å². The lowest BCUT2D eigenvalue weighted by atomic mass is 9.95. The minimum atomic E-state index is -4.80. The highest BCUT2D eigenvalue weighted by Crippen LogP contribution is 2.43. The number of hydrogen-bond acceptors (Lipinski definition) is 6. The second-order valence-corrected chi connectivity index (χ2v) is 12.5. The van der Waals surface area contributed by atoms with Gasteiger partial charge in [0.05, 0.1) is 29.5 Å². The molecule has 0 amide bonds. The van der Waals surface area contributed by atoms with Crippen molar-refractivity contribution >= 4 is 27.6 Å². The molecule has 2 aliphatic rings. The Bertz CT molecular complexity index is 1420. The topological polar surface area (TPSA) is 110 Å². The van der Waals surface area contributed by atoms with Crippen LogP contribution in [0.3, 0.4) is 0 Å². The molecule has 1 heterocycles. The van der Waals surface area contributed by atoms with Crippen molar-refractivity contribution in [3.63, 3.8) is 0 Å². The summed E-state index contributed by atoms with van der Waals surface area (Å²) in [6.45, 7) is 2.58. The number of hydrogen-bond donors (Lipinski definition) is 1. The first-order chi connectivity index (χ1) is 18.5. The van der Waals surface area contributed by atoms with Gasteiger partial charge in [-0.15, -0.1) is 0 Å². The van der Waals surface area contributed by atoms with E-state index in [-0.39, 0.29) is 46.3 Å². The number of anilines is 1. The van der Waals surface area contributed by atoms with Crippen LogP contribution >= 0.6 is 0 Å². The standard InChI is InChI=1S/C27H29F4NO7S/c1-15-10-19(7-8-21(15)28)40(36,37)32-14-18(13-20(25(34)35)17-5-6-17)38-23-9-4-16(11-22(23)32)12-24(33)39-26(2,3)27(29,30)31/h4,7-11,17-18,20H,5-6,12-14H2,1-3H3,(H,34,35)/t18-,20+/m0/s1. The minimum absolute atomic E-state index is 0.0110. The quantitative estimate of drug-likeness (QED) is 0.324. The van der Waals surface area contributed by atoms with Crippen LogP contribution in [0.4, 0.5) is 23.2 Å². The molecular weight excluding hydrogens is 558 g/mol. The van der Waals surface area contributed by atoms with Crippen LogP contribution in [-0.2, 0) is 30.8 Å². The third-order valence-electron chi connectivity index (χ3n) is 7.10. The lowest BCUT2D eigenvalue weighted by molar-refractivity contribution is -0.257. The first kappa shape index (κ1) is 29.6. The summed E-state index contributed by atoms with van der Waals surface area (Å²) < 4.78 is 92.5. The van der Waals surface area contributed by atoms with E-state index >= 15 is 0 Å². The Morgan fingerprint density at radius 1 is 1.15 bits per heavy atom.